The predicted octanol–water partition coefficient (Wildman–Crippen LogP) is 4.12. The SMILES string of the molecule is CCCN(C(=O)c1ccc(F)c(F)c1)C1CCN(C(=O)c2ccccc2)CC1. The van der Waals surface area contributed by atoms with Crippen LogP contribution in [0.15, 0.2) is 48.5 Å². The largest absolute Gasteiger partial charge is 0.338 e. The second-order valence-corrected chi connectivity index (χ2v) is 7.02. The maximum Gasteiger partial charge on any atom is 0.254 e. The standard InChI is InChI=1S/C22H24F2N2O2/c1-2-12-26(22(28)17-8-9-19(23)20(24)15-17)18-10-13-25(14-11-18)21(27)16-6-4-3-5-7-16/h3-9,15,18H,2,10-14H2,1H3. The van der Waals surface area contributed by atoms with Crippen LogP contribution in [0.3, 0.4) is 0 Å². The van der Waals surface area contributed by atoms with Crippen molar-refractivity contribution in [2.24, 2.45) is 0 Å². The highest BCUT2D eigenvalue weighted by Crippen LogP contribution is 2.21. The average Bonchev–Trinajstić information content (AvgIpc) is 2.74. The Labute approximate surface area is 163 Å². The number of amides is 2. The minimum absolute atomic E-state index is 0.00646. The molecule has 0 aliphatic carbocycles. The van der Waals surface area contributed by atoms with Crippen molar-refractivity contribution < 1.29 is 18.4 Å². The molecule has 148 valence electrons. The van der Waals surface area contributed by atoms with Gasteiger partial charge in [0.15, 0.2) is 11.6 Å². The molecule has 1 fully saturated rings. The summed E-state index contributed by atoms with van der Waals surface area (Å²) >= 11 is 0. The topological polar surface area (TPSA) is 40.6 Å². The van der Waals surface area contributed by atoms with E-state index in [0.29, 0.717) is 38.0 Å². The second kappa shape index (κ2) is 8.95. The molecule has 4 nitrogen and oxygen atoms in total. The first kappa shape index (κ1) is 20.0. The predicted molar refractivity (Wildman–Crippen MR) is 103 cm³/mol. The number of benzene rings is 2. The van der Waals surface area contributed by atoms with Gasteiger partial charge in [0.2, 0.25) is 0 Å². The number of hydrogen-bond donors (Lipinski definition) is 0. The van der Waals surface area contributed by atoms with Gasteiger partial charge in [-0.05, 0) is 49.6 Å². The third-order valence-corrected chi connectivity index (χ3v) is 5.11. The highest BCUT2D eigenvalue weighted by atomic mass is 19.2. The number of halogens is 2. The van der Waals surface area contributed by atoms with Crippen LogP contribution < -0.4 is 0 Å². The summed E-state index contributed by atoms with van der Waals surface area (Å²) in [6.07, 6.45) is 2.08. The fraction of sp³-hybridized carbons (Fsp3) is 0.364. The summed E-state index contributed by atoms with van der Waals surface area (Å²) < 4.78 is 26.7. The molecule has 2 amide bonds. The van der Waals surface area contributed by atoms with Gasteiger partial charge in [-0.15, -0.1) is 0 Å². The van der Waals surface area contributed by atoms with Crippen LogP contribution in [0, 0.1) is 11.6 Å². The Morgan fingerprint density at radius 3 is 2.29 bits per heavy atom. The Kier molecular flexibility index (Phi) is 6.39. The van der Waals surface area contributed by atoms with Gasteiger partial charge in [0.25, 0.3) is 11.8 Å². The van der Waals surface area contributed by atoms with Crippen LogP contribution in [0.25, 0.3) is 0 Å². The Morgan fingerprint density at radius 1 is 1.00 bits per heavy atom. The monoisotopic (exact) mass is 386 g/mol. The zero-order valence-electron chi connectivity index (χ0n) is 15.9. The lowest BCUT2D eigenvalue weighted by molar-refractivity contribution is 0.0519. The van der Waals surface area contributed by atoms with Gasteiger partial charge in [-0.1, -0.05) is 25.1 Å². The van der Waals surface area contributed by atoms with E-state index in [1.807, 2.05) is 25.1 Å². The van der Waals surface area contributed by atoms with E-state index in [1.165, 1.54) is 6.07 Å². The molecule has 1 saturated heterocycles. The molecule has 1 aliphatic rings. The van der Waals surface area contributed by atoms with Crippen LogP contribution >= 0.6 is 0 Å². The molecule has 0 bridgehead atoms. The third kappa shape index (κ3) is 4.38. The first-order valence-electron chi connectivity index (χ1n) is 9.61. The summed E-state index contributed by atoms with van der Waals surface area (Å²) in [5.41, 5.74) is 0.805. The normalized spacial score (nSPS) is 14.8. The molecule has 0 atom stereocenters. The van der Waals surface area contributed by atoms with Crippen molar-refractivity contribution in [3.63, 3.8) is 0 Å². The molecule has 2 aromatic carbocycles. The quantitative estimate of drug-likeness (QED) is 0.776. The molecule has 3 rings (SSSR count). The lowest BCUT2D eigenvalue weighted by Gasteiger charge is -2.38. The summed E-state index contributed by atoms with van der Waals surface area (Å²) in [6.45, 7) is 3.63. The summed E-state index contributed by atoms with van der Waals surface area (Å²) in [4.78, 5) is 29.0. The molecular formula is C22H24F2N2O2. The highest BCUT2D eigenvalue weighted by molar-refractivity contribution is 5.95. The Morgan fingerprint density at radius 2 is 1.68 bits per heavy atom. The number of carbonyl (C=O) groups excluding carboxylic acids is 2. The first-order valence-corrected chi connectivity index (χ1v) is 9.61. The Bertz CT molecular complexity index is 834. The van der Waals surface area contributed by atoms with Crippen molar-refractivity contribution in [3.05, 3.63) is 71.3 Å². The van der Waals surface area contributed by atoms with Crippen LogP contribution in [-0.2, 0) is 0 Å². The maximum atomic E-state index is 13.5. The average molecular weight is 386 g/mol. The van der Waals surface area contributed by atoms with E-state index in [4.69, 9.17) is 0 Å². The smallest absolute Gasteiger partial charge is 0.254 e. The molecule has 0 unspecified atom stereocenters. The van der Waals surface area contributed by atoms with Gasteiger partial charge >= 0.3 is 0 Å². The van der Waals surface area contributed by atoms with Crippen molar-refractivity contribution in [3.8, 4) is 0 Å². The van der Waals surface area contributed by atoms with Gasteiger partial charge in [-0.3, -0.25) is 9.59 Å². The molecular weight excluding hydrogens is 362 g/mol. The van der Waals surface area contributed by atoms with Gasteiger partial charge in [-0.2, -0.15) is 0 Å². The fourth-order valence-corrected chi connectivity index (χ4v) is 3.63. The van der Waals surface area contributed by atoms with Gasteiger partial charge in [0, 0.05) is 36.8 Å². The minimum Gasteiger partial charge on any atom is -0.338 e. The molecule has 0 saturated carbocycles. The first-order chi connectivity index (χ1) is 13.5. The Balaban J connectivity index is 1.68. The van der Waals surface area contributed by atoms with E-state index in [1.54, 1.807) is 21.9 Å². The van der Waals surface area contributed by atoms with E-state index in [-0.39, 0.29) is 23.4 Å². The van der Waals surface area contributed by atoms with Gasteiger partial charge in [0.05, 0.1) is 0 Å². The zero-order chi connectivity index (χ0) is 20.1. The molecule has 1 aliphatic heterocycles. The number of rotatable bonds is 5. The molecule has 0 radical (unpaired) electrons. The van der Waals surface area contributed by atoms with Crippen LogP contribution in [0.4, 0.5) is 8.78 Å². The fourth-order valence-electron chi connectivity index (χ4n) is 3.63. The van der Waals surface area contributed by atoms with Crippen molar-refractivity contribution in [2.75, 3.05) is 19.6 Å². The summed E-state index contributed by atoms with van der Waals surface area (Å²) in [5, 5.41) is 0. The second-order valence-electron chi connectivity index (χ2n) is 7.02. The number of piperidine rings is 1. The lowest BCUT2D eigenvalue weighted by atomic mass is 10.0. The van der Waals surface area contributed by atoms with Crippen molar-refractivity contribution >= 4 is 11.8 Å². The van der Waals surface area contributed by atoms with E-state index in [9.17, 15) is 18.4 Å². The molecule has 0 spiro atoms. The Hall–Kier alpha value is -2.76. The molecule has 2 aromatic rings. The van der Waals surface area contributed by atoms with Gasteiger partial charge < -0.3 is 9.80 Å². The minimum atomic E-state index is -1.02. The van der Waals surface area contributed by atoms with Crippen molar-refractivity contribution in [1.29, 1.82) is 0 Å². The lowest BCUT2D eigenvalue weighted by Crippen LogP contribution is -2.49. The summed E-state index contributed by atoms with van der Waals surface area (Å²) in [6, 6.07) is 12.4. The molecule has 0 aromatic heterocycles. The number of nitrogens with zero attached hydrogens (tertiary/aromatic N) is 2. The van der Waals surface area contributed by atoms with Crippen molar-refractivity contribution in [1.82, 2.24) is 9.80 Å². The van der Waals surface area contributed by atoms with E-state index < -0.39 is 11.6 Å². The summed E-state index contributed by atoms with van der Waals surface area (Å²) in [7, 11) is 0. The third-order valence-electron chi connectivity index (χ3n) is 5.11. The van der Waals surface area contributed by atoms with Crippen LogP contribution in [0.5, 0.6) is 0 Å². The molecule has 0 N–H and O–H groups in total. The van der Waals surface area contributed by atoms with Crippen LogP contribution in [0.1, 0.15) is 46.9 Å². The number of hydrogen-bond acceptors (Lipinski definition) is 2. The van der Waals surface area contributed by atoms with Gasteiger partial charge in [0.1, 0.15) is 0 Å². The zero-order valence-corrected chi connectivity index (χ0v) is 15.9. The van der Waals surface area contributed by atoms with Crippen molar-refractivity contribution in [2.45, 2.75) is 32.2 Å². The molecule has 6 heteroatoms. The molecule has 28 heavy (non-hydrogen) atoms. The number of carbonyl (C=O) groups is 2. The van der Waals surface area contributed by atoms with Gasteiger partial charge in [-0.25, -0.2) is 8.78 Å². The summed E-state index contributed by atoms with van der Waals surface area (Å²) in [5.74, 6) is -2.29. The highest BCUT2D eigenvalue weighted by Gasteiger charge is 2.30. The van der Waals surface area contributed by atoms with E-state index >= 15 is 0 Å². The van der Waals surface area contributed by atoms with Crippen LogP contribution in [-0.4, -0.2) is 47.3 Å². The van der Waals surface area contributed by atoms with E-state index in [0.717, 1.165) is 18.6 Å². The number of likely N-dealkylation sites (tertiary alicyclic amines) is 1. The molecule has 1 heterocycles. The maximum absolute atomic E-state index is 13.5. The van der Waals surface area contributed by atoms with E-state index in [2.05, 4.69) is 0 Å². The van der Waals surface area contributed by atoms with Crippen LogP contribution in [0.2, 0.25) is 0 Å².